The van der Waals surface area contributed by atoms with Gasteiger partial charge in [-0.05, 0) is 43.0 Å². The maximum Gasteiger partial charge on any atom is 0.410 e. The molecule has 2 aromatic carbocycles. The lowest BCUT2D eigenvalue weighted by molar-refractivity contribution is 0.0921. The van der Waals surface area contributed by atoms with Crippen molar-refractivity contribution in [3.05, 3.63) is 102 Å². The van der Waals surface area contributed by atoms with Gasteiger partial charge in [-0.1, -0.05) is 54.6 Å². The fourth-order valence-corrected chi connectivity index (χ4v) is 4.40. The van der Waals surface area contributed by atoms with E-state index in [9.17, 15) is 9.59 Å². The molecule has 1 atom stereocenters. The van der Waals surface area contributed by atoms with E-state index in [1.54, 1.807) is 23.4 Å². The van der Waals surface area contributed by atoms with Crippen LogP contribution in [0.25, 0.3) is 11.3 Å². The predicted molar refractivity (Wildman–Crippen MR) is 144 cm³/mol. The largest absolute Gasteiger partial charge is 0.445 e. The van der Waals surface area contributed by atoms with Gasteiger partial charge in [-0.3, -0.25) is 15.3 Å². The molecule has 1 fully saturated rings. The van der Waals surface area contributed by atoms with E-state index >= 15 is 0 Å². The average Bonchev–Trinajstić information content (AvgIpc) is 3.44. The molecule has 3 heterocycles. The third-order valence-electron chi connectivity index (χ3n) is 6.33. The highest BCUT2D eigenvalue weighted by Crippen LogP contribution is 2.33. The number of ether oxygens (including phenoxy) is 1. The number of amides is 3. The molecular weight excluding hydrogens is 480 g/mol. The molecule has 0 saturated carbocycles. The first-order chi connectivity index (χ1) is 18.5. The number of nitrogens with zero attached hydrogens (tertiary/aromatic N) is 4. The second kappa shape index (κ2) is 11.5. The van der Waals surface area contributed by atoms with Crippen LogP contribution in [0.3, 0.4) is 0 Å². The van der Waals surface area contributed by atoms with Crippen LogP contribution in [0.5, 0.6) is 0 Å². The molecule has 9 nitrogen and oxygen atoms in total. The normalized spacial score (nSPS) is 14.7. The number of anilines is 2. The molecule has 38 heavy (non-hydrogen) atoms. The Morgan fingerprint density at radius 2 is 1.79 bits per heavy atom. The summed E-state index contributed by atoms with van der Waals surface area (Å²) >= 11 is 0. The van der Waals surface area contributed by atoms with Gasteiger partial charge in [0.25, 0.3) is 0 Å². The van der Waals surface area contributed by atoms with Crippen molar-refractivity contribution >= 4 is 23.6 Å². The molecule has 2 aromatic heterocycles. The molecule has 5 rings (SSSR count). The van der Waals surface area contributed by atoms with Gasteiger partial charge >= 0.3 is 12.1 Å². The van der Waals surface area contributed by atoms with Gasteiger partial charge in [-0.15, -0.1) is 0 Å². The zero-order chi connectivity index (χ0) is 26.3. The lowest BCUT2D eigenvalue weighted by Crippen LogP contribution is -2.31. The van der Waals surface area contributed by atoms with Gasteiger partial charge in [-0.2, -0.15) is 0 Å². The zero-order valence-corrected chi connectivity index (χ0v) is 21.0. The van der Waals surface area contributed by atoms with Crippen molar-refractivity contribution in [1.29, 1.82) is 0 Å². The summed E-state index contributed by atoms with van der Waals surface area (Å²) < 4.78 is 5.57. The van der Waals surface area contributed by atoms with Crippen LogP contribution in [-0.4, -0.2) is 38.5 Å². The molecular formula is C29H28N6O3. The number of likely N-dealkylation sites (tertiary alicyclic amines) is 1. The summed E-state index contributed by atoms with van der Waals surface area (Å²) in [6, 6.07) is 20.7. The Morgan fingerprint density at radius 1 is 0.974 bits per heavy atom. The van der Waals surface area contributed by atoms with Gasteiger partial charge in [0.2, 0.25) is 0 Å². The summed E-state index contributed by atoms with van der Waals surface area (Å²) in [5, 5.41) is 5.43. The lowest BCUT2D eigenvalue weighted by atomic mass is 10.0. The van der Waals surface area contributed by atoms with Gasteiger partial charge < -0.3 is 15.0 Å². The second-order valence-corrected chi connectivity index (χ2v) is 9.07. The molecule has 0 bridgehead atoms. The molecule has 192 valence electrons. The van der Waals surface area contributed by atoms with Crippen molar-refractivity contribution < 1.29 is 14.3 Å². The van der Waals surface area contributed by atoms with Crippen LogP contribution < -0.4 is 10.6 Å². The Kier molecular flexibility index (Phi) is 7.54. The van der Waals surface area contributed by atoms with Gasteiger partial charge in [0, 0.05) is 17.8 Å². The summed E-state index contributed by atoms with van der Waals surface area (Å²) in [6.45, 7) is 2.80. The molecule has 4 aromatic rings. The highest BCUT2D eigenvalue weighted by atomic mass is 16.6. The minimum absolute atomic E-state index is 0.0358. The molecule has 1 unspecified atom stereocenters. The maximum absolute atomic E-state index is 12.8. The molecule has 0 spiro atoms. The summed E-state index contributed by atoms with van der Waals surface area (Å²) in [5.41, 5.74) is 4.92. The van der Waals surface area contributed by atoms with Crippen molar-refractivity contribution in [2.24, 2.45) is 0 Å². The summed E-state index contributed by atoms with van der Waals surface area (Å²) in [7, 11) is 0. The van der Waals surface area contributed by atoms with Crippen molar-refractivity contribution in [3.63, 3.8) is 0 Å². The van der Waals surface area contributed by atoms with E-state index in [0.29, 0.717) is 23.7 Å². The number of hydrogen-bond donors (Lipinski definition) is 2. The monoisotopic (exact) mass is 508 g/mol. The van der Waals surface area contributed by atoms with E-state index in [4.69, 9.17) is 4.74 Å². The first kappa shape index (κ1) is 24.9. The van der Waals surface area contributed by atoms with Crippen molar-refractivity contribution in [2.45, 2.75) is 32.4 Å². The van der Waals surface area contributed by atoms with Crippen LogP contribution >= 0.6 is 0 Å². The van der Waals surface area contributed by atoms with Gasteiger partial charge in [0.05, 0.1) is 36.0 Å². The molecule has 9 heteroatoms. The number of carbonyl (C=O) groups is 2. The Hall–Kier alpha value is -4.79. The Morgan fingerprint density at radius 3 is 2.55 bits per heavy atom. The molecule has 2 N–H and O–H groups in total. The number of aryl methyl sites for hydroxylation is 1. The number of hydrogen-bond acceptors (Lipinski definition) is 6. The number of aromatic nitrogens is 3. The predicted octanol–water partition coefficient (Wildman–Crippen LogP) is 5.96. The standard InChI is InChI=1S/C29H28N6O3/c1-20-9-14-24(16-31-20)32-28(36)34-27-18-30-17-25(33-27)22-10-12-23(13-11-22)26-8-5-15-35(26)29(37)38-19-21-6-3-2-4-7-21/h2-4,6-7,9-14,16-18,26H,5,8,15,19H2,1H3,(H2,32,33,34,36). The van der Waals surface area contributed by atoms with Crippen LogP contribution in [0.1, 0.15) is 35.7 Å². The number of nitrogens with one attached hydrogen (secondary N) is 2. The zero-order valence-electron chi connectivity index (χ0n) is 21.0. The second-order valence-electron chi connectivity index (χ2n) is 9.07. The van der Waals surface area contributed by atoms with Crippen LogP contribution in [0, 0.1) is 6.92 Å². The molecule has 3 amide bonds. The third-order valence-corrected chi connectivity index (χ3v) is 6.33. The van der Waals surface area contributed by atoms with E-state index < -0.39 is 6.03 Å². The first-order valence-electron chi connectivity index (χ1n) is 12.5. The van der Waals surface area contributed by atoms with Crippen LogP contribution in [0.15, 0.2) is 85.3 Å². The fraction of sp³-hybridized carbons (Fsp3) is 0.207. The number of pyridine rings is 1. The van der Waals surface area contributed by atoms with Crippen LogP contribution in [0.4, 0.5) is 21.1 Å². The highest BCUT2D eigenvalue weighted by Gasteiger charge is 2.31. The first-order valence-corrected chi connectivity index (χ1v) is 12.5. The molecule has 1 aliphatic rings. The smallest absolute Gasteiger partial charge is 0.410 e. The van der Waals surface area contributed by atoms with Crippen molar-refractivity contribution in [3.8, 4) is 11.3 Å². The molecule has 0 aliphatic carbocycles. The molecule has 0 radical (unpaired) electrons. The number of rotatable bonds is 6. The Balaban J connectivity index is 1.21. The minimum atomic E-state index is -0.432. The summed E-state index contributed by atoms with van der Waals surface area (Å²) in [4.78, 5) is 39.9. The third kappa shape index (κ3) is 6.12. The van der Waals surface area contributed by atoms with E-state index in [2.05, 4.69) is 25.6 Å². The average molecular weight is 509 g/mol. The Bertz CT molecular complexity index is 1390. The number of carbonyl (C=O) groups excluding carboxylic acids is 2. The molecule has 1 saturated heterocycles. The number of benzene rings is 2. The molecule has 1 aliphatic heterocycles. The number of urea groups is 1. The topological polar surface area (TPSA) is 109 Å². The SMILES string of the molecule is Cc1ccc(NC(=O)Nc2cncc(-c3ccc(C4CCCN4C(=O)OCc4ccccc4)cc3)n2)cn1. The van der Waals surface area contributed by atoms with E-state index in [1.165, 1.54) is 6.20 Å². The lowest BCUT2D eigenvalue weighted by Gasteiger charge is -2.24. The van der Waals surface area contributed by atoms with Crippen LogP contribution in [-0.2, 0) is 11.3 Å². The van der Waals surface area contributed by atoms with E-state index in [0.717, 1.165) is 35.2 Å². The fourth-order valence-electron chi connectivity index (χ4n) is 4.40. The van der Waals surface area contributed by atoms with E-state index in [-0.39, 0.29) is 18.7 Å². The van der Waals surface area contributed by atoms with Gasteiger partial charge in [0.15, 0.2) is 5.82 Å². The summed E-state index contributed by atoms with van der Waals surface area (Å²) in [6.07, 6.45) is 6.22. The van der Waals surface area contributed by atoms with Gasteiger partial charge in [-0.25, -0.2) is 14.6 Å². The Labute approximate surface area is 220 Å². The van der Waals surface area contributed by atoms with Crippen molar-refractivity contribution in [2.75, 3.05) is 17.2 Å². The van der Waals surface area contributed by atoms with Crippen LogP contribution in [0.2, 0.25) is 0 Å². The highest BCUT2D eigenvalue weighted by molar-refractivity contribution is 5.99. The van der Waals surface area contributed by atoms with Gasteiger partial charge in [0.1, 0.15) is 6.61 Å². The van der Waals surface area contributed by atoms with E-state index in [1.807, 2.05) is 67.6 Å². The maximum atomic E-state index is 12.8. The van der Waals surface area contributed by atoms with Crippen molar-refractivity contribution in [1.82, 2.24) is 19.9 Å². The quantitative estimate of drug-likeness (QED) is 0.332. The minimum Gasteiger partial charge on any atom is -0.445 e. The summed E-state index contributed by atoms with van der Waals surface area (Å²) in [5.74, 6) is 0.326.